The molecule has 80 valence electrons. The molecule has 1 saturated heterocycles. The van der Waals surface area contributed by atoms with Crippen LogP contribution in [-0.2, 0) is 14.3 Å². The lowest BCUT2D eigenvalue weighted by atomic mass is 10.3. The Labute approximate surface area is 83.6 Å². The summed E-state index contributed by atoms with van der Waals surface area (Å²) in [5.41, 5.74) is 0. The molecule has 0 saturated carbocycles. The van der Waals surface area contributed by atoms with Gasteiger partial charge < -0.3 is 14.5 Å². The summed E-state index contributed by atoms with van der Waals surface area (Å²) in [5.74, 6) is -0.855. The lowest BCUT2D eigenvalue weighted by molar-refractivity contribution is -0.153. The van der Waals surface area contributed by atoms with Crippen LogP contribution < -0.4 is 0 Å². The summed E-state index contributed by atoms with van der Waals surface area (Å²) >= 11 is 0. The Morgan fingerprint density at radius 2 is 1.93 bits per heavy atom. The number of morpholine rings is 1. The van der Waals surface area contributed by atoms with Gasteiger partial charge in [-0.05, 0) is 6.92 Å². The Balaban J connectivity index is 2.50. The van der Waals surface area contributed by atoms with Crippen LogP contribution in [0.25, 0.3) is 0 Å². The highest BCUT2D eigenvalue weighted by Crippen LogP contribution is 1.99. The van der Waals surface area contributed by atoms with Gasteiger partial charge in [0.15, 0.2) is 0 Å². The van der Waals surface area contributed by atoms with Gasteiger partial charge in [0.2, 0.25) is 0 Å². The number of carbonyl (C=O) groups excluding carboxylic acids is 2. The molecular weight excluding hydrogens is 184 g/mol. The summed E-state index contributed by atoms with van der Waals surface area (Å²) < 4.78 is 5.10. The summed E-state index contributed by atoms with van der Waals surface area (Å²) in [5, 5.41) is 0. The highest BCUT2D eigenvalue weighted by Gasteiger charge is 2.25. The average molecular weight is 200 g/mol. The van der Waals surface area contributed by atoms with Gasteiger partial charge in [0.1, 0.15) is 0 Å². The van der Waals surface area contributed by atoms with Crippen molar-refractivity contribution in [1.82, 2.24) is 9.80 Å². The molecule has 5 heteroatoms. The molecule has 0 aromatic heterocycles. The van der Waals surface area contributed by atoms with E-state index in [4.69, 9.17) is 4.74 Å². The third-order valence-corrected chi connectivity index (χ3v) is 2.30. The predicted molar refractivity (Wildman–Crippen MR) is 50.7 cm³/mol. The molecule has 1 rings (SSSR count). The van der Waals surface area contributed by atoms with Crippen molar-refractivity contribution in [3.05, 3.63) is 0 Å². The van der Waals surface area contributed by atoms with Crippen molar-refractivity contribution >= 4 is 11.8 Å². The highest BCUT2D eigenvalue weighted by atomic mass is 16.5. The van der Waals surface area contributed by atoms with Gasteiger partial charge in [-0.25, -0.2) is 0 Å². The third kappa shape index (κ3) is 2.45. The smallest absolute Gasteiger partial charge is 0.312 e. The Morgan fingerprint density at radius 1 is 1.36 bits per heavy atom. The molecule has 1 heterocycles. The first-order valence-electron chi connectivity index (χ1n) is 4.79. The molecule has 1 aliphatic rings. The first-order valence-corrected chi connectivity index (χ1v) is 4.79. The molecule has 0 atom stereocenters. The normalized spacial score (nSPS) is 16.6. The number of hydrogen-bond acceptors (Lipinski definition) is 3. The Bertz CT molecular complexity index is 224. The number of rotatable bonds is 1. The fourth-order valence-electron chi connectivity index (χ4n) is 1.21. The summed E-state index contributed by atoms with van der Waals surface area (Å²) in [6.45, 7) is 4.47. The van der Waals surface area contributed by atoms with Crippen LogP contribution in [0.15, 0.2) is 0 Å². The lowest BCUT2D eigenvalue weighted by Gasteiger charge is -2.27. The maximum absolute atomic E-state index is 11.6. The molecular formula is C9H16N2O3. The fraction of sp³-hybridized carbons (Fsp3) is 0.778. The van der Waals surface area contributed by atoms with Gasteiger partial charge in [0.05, 0.1) is 13.2 Å². The number of amides is 2. The molecule has 0 bridgehead atoms. The summed E-state index contributed by atoms with van der Waals surface area (Å²) in [6, 6.07) is 0. The SMILES string of the molecule is CCN(C)C(=O)C(=O)N1CCOCC1. The van der Waals surface area contributed by atoms with E-state index in [0.29, 0.717) is 32.8 Å². The zero-order chi connectivity index (χ0) is 10.6. The van der Waals surface area contributed by atoms with Crippen molar-refractivity contribution in [3.8, 4) is 0 Å². The maximum Gasteiger partial charge on any atom is 0.312 e. The van der Waals surface area contributed by atoms with E-state index in [1.54, 1.807) is 7.05 Å². The standard InChI is InChI=1S/C9H16N2O3/c1-3-10(2)8(12)9(13)11-4-6-14-7-5-11/h3-7H2,1-2H3. The van der Waals surface area contributed by atoms with E-state index < -0.39 is 11.8 Å². The largest absolute Gasteiger partial charge is 0.378 e. The van der Waals surface area contributed by atoms with Crippen molar-refractivity contribution in [1.29, 1.82) is 0 Å². The van der Waals surface area contributed by atoms with E-state index in [2.05, 4.69) is 0 Å². The first-order chi connectivity index (χ1) is 6.66. The monoisotopic (exact) mass is 200 g/mol. The van der Waals surface area contributed by atoms with Gasteiger partial charge in [-0.1, -0.05) is 0 Å². The minimum absolute atomic E-state index is 0.419. The number of likely N-dealkylation sites (N-methyl/N-ethyl adjacent to an activating group) is 1. The lowest BCUT2D eigenvalue weighted by Crippen LogP contribution is -2.48. The Kier molecular flexibility index (Phi) is 3.88. The molecule has 5 nitrogen and oxygen atoms in total. The minimum Gasteiger partial charge on any atom is -0.378 e. The van der Waals surface area contributed by atoms with Crippen LogP contribution in [-0.4, -0.2) is 61.5 Å². The fourth-order valence-corrected chi connectivity index (χ4v) is 1.21. The molecule has 0 radical (unpaired) electrons. The van der Waals surface area contributed by atoms with Crippen molar-refractivity contribution < 1.29 is 14.3 Å². The van der Waals surface area contributed by atoms with Gasteiger partial charge in [-0.2, -0.15) is 0 Å². The minimum atomic E-state index is -0.436. The van der Waals surface area contributed by atoms with Gasteiger partial charge in [-0.15, -0.1) is 0 Å². The highest BCUT2D eigenvalue weighted by molar-refractivity contribution is 6.34. The van der Waals surface area contributed by atoms with Crippen LogP contribution in [0.1, 0.15) is 6.92 Å². The van der Waals surface area contributed by atoms with E-state index in [1.807, 2.05) is 6.92 Å². The van der Waals surface area contributed by atoms with Crippen LogP contribution in [0.2, 0.25) is 0 Å². The molecule has 14 heavy (non-hydrogen) atoms. The van der Waals surface area contributed by atoms with Gasteiger partial charge in [-0.3, -0.25) is 9.59 Å². The van der Waals surface area contributed by atoms with Gasteiger partial charge in [0, 0.05) is 26.7 Å². The van der Waals surface area contributed by atoms with Crippen molar-refractivity contribution in [3.63, 3.8) is 0 Å². The quantitative estimate of drug-likeness (QED) is 0.527. The topological polar surface area (TPSA) is 49.9 Å². The molecule has 0 unspecified atom stereocenters. The van der Waals surface area contributed by atoms with E-state index in [-0.39, 0.29) is 0 Å². The summed E-state index contributed by atoms with van der Waals surface area (Å²) in [4.78, 5) is 26.0. The number of hydrogen-bond donors (Lipinski definition) is 0. The summed E-state index contributed by atoms with van der Waals surface area (Å²) in [6.07, 6.45) is 0. The Morgan fingerprint density at radius 3 is 2.43 bits per heavy atom. The second kappa shape index (κ2) is 4.95. The van der Waals surface area contributed by atoms with Crippen molar-refractivity contribution in [2.45, 2.75) is 6.92 Å². The summed E-state index contributed by atoms with van der Waals surface area (Å²) in [7, 11) is 1.63. The van der Waals surface area contributed by atoms with Crippen LogP contribution in [0.5, 0.6) is 0 Å². The van der Waals surface area contributed by atoms with E-state index in [0.717, 1.165) is 0 Å². The molecule has 0 aromatic rings. The van der Waals surface area contributed by atoms with Crippen LogP contribution in [0.4, 0.5) is 0 Å². The van der Waals surface area contributed by atoms with Gasteiger partial charge in [0.25, 0.3) is 0 Å². The van der Waals surface area contributed by atoms with Crippen LogP contribution in [0.3, 0.4) is 0 Å². The van der Waals surface area contributed by atoms with Crippen molar-refractivity contribution in [2.24, 2.45) is 0 Å². The van der Waals surface area contributed by atoms with E-state index in [9.17, 15) is 9.59 Å². The molecule has 1 fully saturated rings. The van der Waals surface area contributed by atoms with Crippen LogP contribution in [0, 0.1) is 0 Å². The predicted octanol–water partition coefficient (Wildman–Crippen LogP) is -0.676. The number of carbonyl (C=O) groups is 2. The van der Waals surface area contributed by atoms with Gasteiger partial charge >= 0.3 is 11.8 Å². The zero-order valence-corrected chi connectivity index (χ0v) is 8.65. The molecule has 2 amide bonds. The van der Waals surface area contributed by atoms with E-state index in [1.165, 1.54) is 9.80 Å². The molecule has 0 N–H and O–H groups in total. The average Bonchev–Trinajstić information content (AvgIpc) is 2.27. The number of nitrogens with zero attached hydrogens (tertiary/aromatic N) is 2. The molecule has 0 aliphatic carbocycles. The van der Waals surface area contributed by atoms with Crippen molar-refractivity contribution in [2.75, 3.05) is 39.9 Å². The Hall–Kier alpha value is -1.10. The molecule has 0 aromatic carbocycles. The van der Waals surface area contributed by atoms with Crippen LogP contribution >= 0.6 is 0 Å². The van der Waals surface area contributed by atoms with E-state index >= 15 is 0 Å². The third-order valence-electron chi connectivity index (χ3n) is 2.30. The number of ether oxygens (including phenoxy) is 1. The second-order valence-corrected chi connectivity index (χ2v) is 3.22. The molecule has 1 aliphatic heterocycles. The zero-order valence-electron chi connectivity index (χ0n) is 8.65. The second-order valence-electron chi connectivity index (χ2n) is 3.22. The first kappa shape index (κ1) is 11.0. The molecule has 0 spiro atoms. The maximum atomic E-state index is 11.6.